The van der Waals surface area contributed by atoms with Crippen LogP contribution >= 0.6 is 0 Å². The molecule has 3 aliphatic heterocycles. The molecule has 0 aromatic heterocycles. The van der Waals surface area contributed by atoms with Crippen molar-refractivity contribution in [3.63, 3.8) is 0 Å². The molecule has 0 spiro atoms. The lowest BCUT2D eigenvalue weighted by Gasteiger charge is -2.52. The Morgan fingerprint density at radius 1 is 0.796 bits per heavy atom. The number of carbonyl (C=O) groups excluding carboxylic acids is 6. The largest absolute Gasteiger partial charge is 0.508 e. The van der Waals surface area contributed by atoms with E-state index in [1.54, 1.807) is 48.5 Å². The number of Topliss-reactive ketones (excluding diaryl/α,β-unsaturated/α-hetero) is 2. The Balaban J connectivity index is 1.03. The van der Waals surface area contributed by atoms with Gasteiger partial charge in [-0.25, -0.2) is 0 Å². The molecule has 93 heavy (non-hydrogen) atoms. The van der Waals surface area contributed by atoms with Gasteiger partial charge in [0, 0.05) is 93.9 Å². The molecule has 28 nitrogen and oxygen atoms in total. The Kier molecular flexibility index (Phi) is 23.6. The number of aliphatic hydroxyl groups excluding tert-OH is 5. The molecule has 0 radical (unpaired) electrons. The third-order valence-electron chi connectivity index (χ3n) is 20.8. The van der Waals surface area contributed by atoms with Gasteiger partial charge in [-0.2, -0.15) is 0 Å². The van der Waals surface area contributed by atoms with Crippen LogP contribution < -0.4 is 27.0 Å². The summed E-state index contributed by atoms with van der Waals surface area (Å²) in [5, 5.41) is 130. The number of aromatic hydroxyl groups is 1. The van der Waals surface area contributed by atoms with E-state index in [9.17, 15) is 79.8 Å². The second-order valence-electron chi connectivity index (χ2n) is 27.9. The first kappa shape index (κ1) is 75.1. The zero-order chi connectivity index (χ0) is 69.5. The number of ketones is 2. The average Bonchev–Trinajstić information content (AvgIpc) is 0.692. The van der Waals surface area contributed by atoms with E-state index in [0.717, 1.165) is 0 Å². The highest BCUT2D eigenvalue weighted by molar-refractivity contribution is 6.24. The topological polar surface area (TPSA) is 437 Å². The number of esters is 1. The van der Waals surface area contributed by atoms with Crippen LogP contribution in [0.25, 0.3) is 5.76 Å². The maximum atomic E-state index is 14.6. The van der Waals surface area contributed by atoms with Gasteiger partial charge < -0.3 is 111 Å². The molecule has 524 valence electrons. The van der Waals surface area contributed by atoms with Gasteiger partial charge in [-0.3, -0.25) is 28.8 Å². The van der Waals surface area contributed by atoms with Crippen molar-refractivity contribution in [1.29, 1.82) is 0 Å². The normalized spacial score (nSPS) is 41.1. The number of cyclic esters (lactones) is 1. The smallest absolute Gasteiger partial charge is 0.311 e. The van der Waals surface area contributed by atoms with Crippen LogP contribution in [0.5, 0.6) is 5.75 Å². The Bertz CT molecular complexity index is 2980. The second kappa shape index (κ2) is 29.2. The lowest BCUT2D eigenvalue weighted by atomic mass is 9.54. The maximum Gasteiger partial charge on any atom is 0.311 e. The molecule has 1 aromatic rings. The summed E-state index contributed by atoms with van der Waals surface area (Å²) in [5.41, 5.74) is -6.40. The van der Waals surface area contributed by atoms with E-state index < -0.39 is 207 Å². The van der Waals surface area contributed by atoms with Crippen molar-refractivity contribution in [3.05, 3.63) is 46.2 Å². The number of phenolic OH excluding ortho intramolecular Hbond substituents is 1. The highest BCUT2D eigenvalue weighted by Gasteiger charge is 2.66. The van der Waals surface area contributed by atoms with Gasteiger partial charge in [0.05, 0.1) is 64.8 Å². The summed E-state index contributed by atoms with van der Waals surface area (Å²) in [6.45, 7) is 17.7. The Hall–Kier alpha value is -5.28. The molecule has 1 saturated carbocycles. The predicted octanol–water partition coefficient (Wildman–Crippen LogP) is -0.142. The molecule has 3 aliphatic carbocycles. The summed E-state index contributed by atoms with van der Waals surface area (Å²) in [7, 11) is 5.11. The van der Waals surface area contributed by atoms with E-state index in [-0.39, 0.29) is 75.5 Å². The average molecular weight is 1320 g/mol. The van der Waals surface area contributed by atoms with Crippen molar-refractivity contribution in [2.75, 3.05) is 47.4 Å². The SMILES string of the molecule is CC[C@H]1OC(=O)[C@H](C)[C@@H](OC2CC(C)(OC)C(O)C(C)O2)[C@H](C)[C@@H](OC2OC(C)CC(N(C)C)C2O)[C@](C)(O)C[C@@H](C)[C@H](NCCNC(=O)CCC(=O)NCCNC2C(=O)C(C(N)=O)=C(O)[C@@]3(O)C(=O)C4=C(O)c5c(O)cccc5[C@@](C)(O)[C@H]4C[C@@H]23)[C@H](C)[C@@H](O)[C@]1(C)O. The molecule has 0 bridgehead atoms. The summed E-state index contributed by atoms with van der Waals surface area (Å²) in [5.74, 6) is -14.8. The number of phenols is 1. The summed E-state index contributed by atoms with van der Waals surface area (Å²) < 4.78 is 38.0. The minimum absolute atomic E-state index is 0.00783. The number of aliphatic hydroxyl groups is 9. The molecule has 3 saturated heterocycles. The van der Waals surface area contributed by atoms with Crippen LogP contribution in [0.3, 0.4) is 0 Å². The number of primary amides is 1. The standard InChI is InChI=1S/C65H102N6O22/c1-15-40-64(11,86)53(78)31(4)47(29(2)27-61(8,84)57(93-60-49(75)38(71(12)13)25-30(3)89-60)32(5)52(33(6)59(83)91-40)92-43-28-62(9,88-14)54(79)34(7)90-43)69-23-21-67-41(73)19-20-42(74)68-22-24-70-48-37-26-36-45(50(76)44-35(63(36,10)85)17-16-18-39(44)72)55(80)65(37,87)56(81)46(51(48)77)58(66)82/h16-18,29-34,36-38,40,43,47-49,52-54,57,60,69-70,72,75-76,78-79,81,84-87H,15,19-28H2,1-14H3,(H2,66,82)(H,67,73)(H,68,74)/t29-,30?,31+,32+,33-,34?,36+,37+,38?,40-,43?,47+,48?,49?,52+,53-,54?,57-,60?,61-,62?,63-,64-,65+/m1/s1. The monoisotopic (exact) mass is 1320 g/mol. The van der Waals surface area contributed by atoms with Gasteiger partial charge >= 0.3 is 5.97 Å². The first-order valence-electron chi connectivity index (χ1n) is 32.3. The van der Waals surface area contributed by atoms with Crippen molar-refractivity contribution in [3.8, 4) is 5.75 Å². The number of likely N-dealkylation sites (N-methyl/N-ethyl adjacent to an activating group) is 1. The molecule has 24 atom stereocenters. The quantitative estimate of drug-likeness (QED) is 0.0487. The van der Waals surface area contributed by atoms with Crippen LogP contribution in [0.1, 0.15) is 132 Å². The number of nitrogens with one attached hydrogen (secondary N) is 4. The van der Waals surface area contributed by atoms with E-state index in [0.29, 0.717) is 6.42 Å². The fourth-order valence-electron chi connectivity index (χ4n) is 15.4. The highest BCUT2D eigenvalue weighted by atomic mass is 16.7. The van der Waals surface area contributed by atoms with Crippen molar-refractivity contribution >= 4 is 41.0 Å². The third-order valence-corrected chi connectivity index (χ3v) is 20.8. The van der Waals surface area contributed by atoms with Crippen LogP contribution in [0.2, 0.25) is 0 Å². The lowest BCUT2D eigenvalue weighted by molar-refractivity contribution is -0.318. The molecule has 28 heteroatoms. The summed E-state index contributed by atoms with van der Waals surface area (Å²) in [4.78, 5) is 83.8. The molecular formula is C65H102N6O22. The van der Waals surface area contributed by atoms with Gasteiger partial charge in [-0.05, 0) is 106 Å². The zero-order valence-corrected chi connectivity index (χ0v) is 55.9. The van der Waals surface area contributed by atoms with Gasteiger partial charge in [0.25, 0.3) is 5.91 Å². The van der Waals surface area contributed by atoms with Gasteiger partial charge in [-0.15, -0.1) is 0 Å². The van der Waals surface area contributed by atoms with E-state index in [4.69, 9.17) is 34.2 Å². The lowest BCUT2D eigenvalue weighted by Crippen LogP contribution is -2.67. The first-order valence-corrected chi connectivity index (χ1v) is 32.3. The summed E-state index contributed by atoms with van der Waals surface area (Å²) >= 11 is 0. The van der Waals surface area contributed by atoms with E-state index >= 15 is 0 Å². The number of methoxy groups -OCH3 is 1. The van der Waals surface area contributed by atoms with Crippen molar-refractivity contribution in [2.24, 2.45) is 41.2 Å². The molecule has 3 heterocycles. The highest BCUT2D eigenvalue weighted by Crippen LogP contribution is 2.57. The van der Waals surface area contributed by atoms with Gasteiger partial charge in [0.1, 0.15) is 46.8 Å². The first-order chi connectivity index (χ1) is 43.2. The van der Waals surface area contributed by atoms with E-state index in [1.807, 2.05) is 32.8 Å². The summed E-state index contributed by atoms with van der Waals surface area (Å²) in [6, 6.07) is 1.28. The van der Waals surface area contributed by atoms with Crippen LogP contribution in [0.15, 0.2) is 35.1 Å². The number of rotatable bonds is 19. The number of ether oxygens (including phenoxy) is 6. The molecular weight excluding hydrogens is 1220 g/mol. The number of benzene rings is 1. The zero-order valence-electron chi connectivity index (χ0n) is 55.9. The molecule has 4 fully saturated rings. The minimum Gasteiger partial charge on any atom is -0.508 e. The molecule has 16 N–H and O–H groups in total. The van der Waals surface area contributed by atoms with Crippen LogP contribution in [-0.4, -0.2) is 241 Å². The van der Waals surface area contributed by atoms with Crippen LogP contribution in [-0.2, 0) is 62.8 Å². The summed E-state index contributed by atoms with van der Waals surface area (Å²) in [6.07, 6.45) is -11.6. The number of amides is 3. The van der Waals surface area contributed by atoms with Crippen molar-refractivity contribution < 1.29 is 108 Å². The maximum absolute atomic E-state index is 14.6. The molecule has 7 rings (SSSR count). The number of nitrogens with zero attached hydrogens (tertiary/aromatic N) is 1. The van der Waals surface area contributed by atoms with E-state index in [2.05, 4.69) is 21.3 Å². The fourth-order valence-corrected chi connectivity index (χ4v) is 15.4. The second-order valence-corrected chi connectivity index (χ2v) is 27.9. The molecule has 1 aromatic carbocycles. The number of nitrogens with two attached hydrogens (primary N) is 1. The third kappa shape index (κ3) is 14.9. The fraction of sp³-hybridized carbons (Fsp3) is 0.754. The van der Waals surface area contributed by atoms with Crippen LogP contribution in [0.4, 0.5) is 0 Å². The Morgan fingerprint density at radius 2 is 1.41 bits per heavy atom. The number of hydrogen-bond acceptors (Lipinski definition) is 25. The number of fused-ring (bicyclic) bond motifs is 3. The van der Waals surface area contributed by atoms with Gasteiger partial charge in [0.15, 0.2) is 24.0 Å². The van der Waals surface area contributed by atoms with Crippen molar-refractivity contribution in [2.45, 2.75) is 229 Å². The van der Waals surface area contributed by atoms with Gasteiger partial charge in [0.2, 0.25) is 17.6 Å². The molecule has 3 amide bonds. The molecule has 6 aliphatic rings. The predicted molar refractivity (Wildman–Crippen MR) is 333 cm³/mol. The number of hydrogen-bond donors (Lipinski definition) is 15. The van der Waals surface area contributed by atoms with Crippen molar-refractivity contribution in [1.82, 2.24) is 26.2 Å². The van der Waals surface area contributed by atoms with E-state index in [1.165, 1.54) is 39.2 Å². The Labute approximate surface area is 542 Å². The number of carbonyl (C=O) groups is 6. The molecule has 9 unspecified atom stereocenters. The van der Waals surface area contributed by atoms with Crippen LogP contribution in [0, 0.1) is 35.5 Å². The van der Waals surface area contributed by atoms with Gasteiger partial charge in [-0.1, -0.05) is 39.8 Å². The minimum atomic E-state index is -3.02. The Morgan fingerprint density at radius 3 is 1.99 bits per heavy atom.